The van der Waals surface area contributed by atoms with Crippen LogP contribution in [-0.2, 0) is 14.8 Å². The Morgan fingerprint density at radius 2 is 1.95 bits per heavy atom. The first kappa shape index (κ1) is 15.9. The summed E-state index contributed by atoms with van der Waals surface area (Å²) < 4.78 is 25.5. The molecular weight excluding hydrogens is 290 g/mol. The Bertz CT molecular complexity index is 605. The molecule has 1 aromatic rings. The van der Waals surface area contributed by atoms with Gasteiger partial charge in [0.05, 0.1) is 10.3 Å². The minimum Gasteiger partial charge on any atom is -0.326 e. The second-order valence-corrected chi connectivity index (χ2v) is 7.41. The fourth-order valence-corrected chi connectivity index (χ4v) is 3.10. The third-order valence-electron chi connectivity index (χ3n) is 3.84. The second-order valence-electron chi connectivity index (χ2n) is 5.53. The first-order valence-electron chi connectivity index (χ1n) is 6.93. The zero-order chi connectivity index (χ0) is 15.5. The largest absolute Gasteiger partial charge is 0.326 e. The molecule has 0 bridgehead atoms. The lowest BCUT2D eigenvalue weighted by atomic mass is 9.82. The highest BCUT2D eigenvalue weighted by molar-refractivity contribution is 7.89. The van der Waals surface area contributed by atoms with Gasteiger partial charge in [-0.25, -0.2) is 13.1 Å². The summed E-state index contributed by atoms with van der Waals surface area (Å²) in [7, 11) is -2.09. The molecule has 6 nitrogen and oxygen atoms in total. The van der Waals surface area contributed by atoms with Crippen molar-refractivity contribution in [1.29, 1.82) is 0 Å². The van der Waals surface area contributed by atoms with E-state index in [2.05, 4.69) is 15.4 Å². The van der Waals surface area contributed by atoms with Crippen molar-refractivity contribution >= 4 is 21.6 Å². The number of piperidine rings is 1. The number of carbonyl (C=O) groups is 1. The predicted octanol–water partition coefficient (Wildman–Crippen LogP) is 0.923. The maximum atomic E-state index is 12.3. The van der Waals surface area contributed by atoms with Crippen LogP contribution in [0.4, 0.5) is 5.69 Å². The van der Waals surface area contributed by atoms with Gasteiger partial charge in [-0.05, 0) is 57.6 Å². The van der Waals surface area contributed by atoms with Crippen molar-refractivity contribution in [2.24, 2.45) is 5.41 Å². The molecular formula is C14H21N3O3S. The molecule has 1 aromatic carbocycles. The fraction of sp³-hybridized carbons (Fsp3) is 0.500. The lowest BCUT2D eigenvalue weighted by Gasteiger charge is -2.32. The standard InChI is InChI=1S/C14H21N3O3S/c1-14(8-3-9-16-10-14)13(18)17-11-4-6-12(7-5-11)21(19,20)15-2/h4-7,15-16H,3,8-10H2,1-2H3,(H,17,18). The van der Waals surface area contributed by atoms with Crippen LogP contribution in [-0.4, -0.2) is 34.5 Å². The lowest BCUT2D eigenvalue weighted by molar-refractivity contribution is -0.125. The highest BCUT2D eigenvalue weighted by Gasteiger charge is 2.34. The van der Waals surface area contributed by atoms with Gasteiger partial charge < -0.3 is 10.6 Å². The van der Waals surface area contributed by atoms with Gasteiger partial charge in [-0.15, -0.1) is 0 Å². The average Bonchev–Trinajstić information content (AvgIpc) is 2.48. The van der Waals surface area contributed by atoms with E-state index < -0.39 is 15.4 Å². The third-order valence-corrected chi connectivity index (χ3v) is 5.27. The Labute approximate surface area is 125 Å². The first-order valence-corrected chi connectivity index (χ1v) is 8.41. The molecule has 1 aliphatic heterocycles. The molecule has 1 saturated heterocycles. The SMILES string of the molecule is CNS(=O)(=O)c1ccc(NC(=O)C2(C)CCCNC2)cc1. The Morgan fingerprint density at radius 3 is 2.48 bits per heavy atom. The van der Waals surface area contributed by atoms with Crippen LogP contribution >= 0.6 is 0 Å². The summed E-state index contributed by atoms with van der Waals surface area (Å²) in [5.41, 5.74) is 0.176. The molecule has 1 amide bonds. The minimum atomic E-state index is -3.45. The van der Waals surface area contributed by atoms with Crippen LogP contribution in [0.5, 0.6) is 0 Å². The highest BCUT2D eigenvalue weighted by Crippen LogP contribution is 2.27. The molecule has 1 atom stereocenters. The molecule has 1 unspecified atom stereocenters. The van der Waals surface area contributed by atoms with E-state index in [1.165, 1.54) is 19.2 Å². The number of anilines is 1. The fourth-order valence-electron chi connectivity index (χ4n) is 2.37. The van der Waals surface area contributed by atoms with Gasteiger partial charge in [0, 0.05) is 12.2 Å². The average molecular weight is 311 g/mol. The number of sulfonamides is 1. The van der Waals surface area contributed by atoms with E-state index >= 15 is 0 Å². The first-order chi connectivity index (χ1) is 9.87. The van der Waals surface area contributed by atoms with E-state index in [-0.39, 0.29) is 10.8 Å². The molecule has 0 aromatic heterocycles. The Morgan fingerprint density at radius 1 is 1.29 bits per heavy atom. The van der Waals surface area contributed by atoms with E-state index in [0.29, 0.717) is 12.2 Å². The summed E-state index contributed by atoms with van der Waals surface area (Å²) >= 11 is 0. The zero-order valence-corrected chi connectivity index (χ0v) is 13.1. The van der Waals surface area contributed by atoms with Crippen LogP contribution < -0.4 is 15.4 Å². The molecule has 21 heavy (non-hydrogen) atoms. The van der Waals surface area contributed by atoms with Gasteiger partial charge in [-0.1, -0.05) is 0 Å². The molecule has 1 aliphatic rings. The van der Waals surface area contributed by atoms with E-state index in [1.54, 1.807) is 12.1 Å². The summed E-state index contributed by atoms with van der Waals surface area (Å²) in [4.78, 5) is 12.5. The number of nitrogens with one attached hydrogen (secondary N) is 3. The molecule has 0 spiro atoms. The number of rotatable bonds is 4. The maximum absolute atomic E-state index is 12.3. The highest BCUT2D eigenvalue weighted by atomic mass is 32.2. The summed E-state index contributed by atoms with van der Waals surface area (Å²) in [5.74, 6) is -0.0427. The molecule has 1 fully saturated rings. The Kier molecular flexibility index (Phi) is 4.65. The molecule has 0 saturated carbocycles. The maximum Gasteiger partial charge on any atom is 0.240 e. The van der Waals surface area contributed by atoms with Gasteiger partial charge in [0.15, 0.2) is 0 Å². The van der Waals surface area contributed by atoms with Crippen molar-refractivity contribution in [3.8, 4) is 0 Å². The quantitative estimate of drug-likeness (QED) is 0.772. The van der Waals surface area contributed by atoms with Crippen molar-refractivity contribution in [3.63, 3.8) is 0 Å². The monoisotopic (exact) mass is 311 g/mol. The summed E-state index contributed by atoms with van der Waals surface area (Å²) in [6, 6.07) is 6.15. The van der Waals surface area contributed by atoms with E-state index in [0.717, 1.165) is 19.4 Å². The topological polar surface area (TPSA) is 87.3 Å². The van der Waals surface area contributed by atoms with E-state index in [4.69, 9.17) is 0 Å². The number of hydrogen-bond donors (Lipinski definition) is 3. The lowest BCUT2D eigenvalue weighted by Crippen LogP contribution is -2.46. The number of amides is 1. The van der Waals surface area contributed by atoms with Gasteiger partial charge >= 0.3 is 0 Å². The van der Waals surface area contributed by atoms with Crippen LogP contribution in [0.15, 0.2) is 29.2 Å². The van der Waals surface area contributed by atoms with Crippen molar-refractivity contribution in [1.82, 2.24) is 10.0 Å². The molecule has 7 heteroatoms. The second kappa shape index (κ2) is 6.13. The minimum absolute atomic E-state index is 0.0427. The van der Waals surface area contributed by atoms with Crippen molar-refractivity contribution < 1.29 is 13.2 Å². The molecule has 0 aliphatic carbocycles. The van der Waals surface area contributed by atoms with Crippen molar-refractivity contribution in [2.45, 2.75) is 24.7 Å². The number of hydrogen-bond acceptors (Lipinski definition) is 4. The molecule has 1 heterocycles. The van der Waals surface area contributed by atoms with Crippen molar-refractivity contribution in [3.05, 3.63) is 24.3 Å². The van der Waals surface area contributed by atoms with Crippen LogP contribution in [0, 0.1) is 5.41 Å². The van der Waals surface area contributed by atoms with Gasteiger partial charge in [0.25, 0.3) is 0 Å². The van der Waals surface area contributed by atoms with Crippen LogP contribution in [0.25, 0.3) is 0 Å². The Hall–Kier alpha value is -1.44. The molecule has 2 rings (SSSR count). The van der Waals surface area contributed by atoms with Crippen molar-refractivity contribution in [2.75, 3.05) is 25.5 Å². The zero-order valence-electron chi connectivity index (χ0n) is 12.3. The van der Waals surface area contributed by atoms with E-state index in [9.17, 15) is 13.2 Å². The van der Waals surface area contributed by atoms with Crippen LogP contribution in [0.2, 0.25) is 0 Å². The van der Waals surface area contributed by atoms with Gasteiger partial charge in [-0.3, -0.25) is 4.79 Å². The number of benzene rings is 1. The summed E-state index contributed by atoms with van der Waals surface area (Å²) in [6.45, 7) is 3.54. The van der Waals surface area contributed by atoms with E-state index in [1.807, 2.05) is 6.92 Å². The van der Waals surface area contributed by atoms with Crippen LogP contribution in [0.1, 0.15) is 19.8 Å². The summed E-state index contributed by atoms with van der Waals surface area (Å²) in [6.07, 6.45) is 1.82. The molecule has 116 valence electrons. The van der Waals surface area contributed by atoms with Gasteiger partial charge in [0.1, 0.15) is 0 Å². The Balaban J connectivity index is 2.08. The normalized spacial score (nSPS) is 22.8. The molecule has 3 N–H and O–H groups in total. The predicted molar refractivity (Wildman–Crippen MR) is 81.5 cm³/mol. The van der Waals surface area contributed by atoms with Gasteiger partial charge in [-0.2, -0.15) is 0 Å². The molecule has 0 radical (unpaired) electrons. The summed E-state index contributed by atoms with van der Waals surface area (Å²) in [5, 5.41) is 6.08. The third kappa shape index (κ3) is 3.61. The number of carbonyl (C=O) groups excluding carboxylic acids is 1. The van der Waals surface area contributed by atoms with Gasteiger partial charge in [0.2, 0.25) is 15.9 Å². The smallest absolute Gasteiger partial charge is 0.240 e. The van der Waals surface area contributed by atoms with Crippen LogP contribution in [0.3, 0.4) is 0 Å².